The molecule has 2 rings (SSSR count). The Morgan fingerprint density at radius 1 is 1.38 bits per heavy atom. The van der Waals surface area contributed by atoms with Crippen molar-refractivity contribution >= 4 is 61.5 Å². The molecule has 0 N–H and O–H groups in total. The summed E-state index contributed by atoms with van der Waals surface area (Å²) in [5.74, 6) is 0.585. The summed E-state index contributed by atoms with van der Waals surface area (Å²) in [6.07, 6.45) is 0.779. The predicted octanol–water partition coefficient (Wildman–Crippen LogP) is 4.35. The van der Waals surface area contributed by atoms with Crippen molar-refractivity contribution in [1.29, 1.82) is 0 Å². The first kappa shape index (κ1) is 12.7. The van der Waals surface area contributed by atoms with Crippen LogP contribution in [0.15, 0.2) is 22.7 Å². The van der Waals surface area contributed by atoms with Gasteiger partial charge in [0.15, 0.2) is 0 Å². The highest BCUT2D eigenvalue weighted by atomic mass is 127. The third kappa shape index (κ3) is 2.94. The summed E-state index contributed by atoms with van der Waals surface area (Å²) >= 11 is 13.1. The molecule has 2 nitrogen and oxygen atoms in total. The van der Waals surface area contributed by atoms with Gasteiger partial charge in [0.2, 0.25) is 0 Å². The van der Waals surface area contributed by atoms with E-state index in [1.165, 1.54) is 3.57 Å². The van der Waals surface area contributed by atoms with Gasteiger partial charge in [-0.25, -0.2) is 0 Å². The van der Waals surface area contributed by atoms with Crippen molar-refractivity contribution in [1.82, 2.24) is 10.2 Å². The molecule has 1 aromatic carbocycles. The Bertz CT molecular complexity index is 503. The zero-order valence-electron chi connectivity index (χ0n) is 8.08. The topological polar surface area (TPSA) is 25.8 Å². The highest BCUT2D eigenvalue weighted by Crippen LogP contribution is 2.31. The lowest BCUT2D eigenvalue weighted by molar-refractivity contribution is 0.989. The maximum absolute atomic E-state index is 5.68. The maximum atomic E-state index is 5.68. The van der Waals surface area contributed by atoms with Crippen LogP contribution in [-0.4, -0.2) is 16.1 Å². The first-order valence-corrected chi connectivity index (χ1v) is 7.77. The quantitative estimate of drug-likeness (QED) is 0.536. The molecular formula is C10H7BrClIN2S. The van der Waals surface area contributed by atoms with E-state index >= 15 is 0 Å². The van der Waals surface area contributed by atoms with E-state index in [1.54, 1.807) is 11.3 Å². The highest BCUT2D eigenvalue weighted by molar-refractivity contribution is 14.1. The van der Waals surface area contributed by atoms with E-state index in [-0.39, 0.29) is 0 Å². The van der Waals surface area contributed by atoms with Crippen LogP contribution in [0.4, 0.5) is 0 Å². The fourth-order valence-corrected chi connectivity index (χ4v) is 3.42. The molecule has 0 spiro atoms. The van der Waals surface area contributed by atoms with Gasteiger partial charge in [0.25, 0.3) is 0 Å². The van der Waals surface area contributed by atoms with Gasteiger partial charge in [-0.2, -0.15) is 0 Å². The van der Waals surface area contributed by atoms with Crippen LogP contribution in [0.3, 0.4) is 0 Å². The average Bonchev–Trinajstić information content (AvgIpc) is 2.71. The fourth-order valence-electron chi connectivity index (χ4n) is 1.21. The van der Waals surface area contributed by atoms with Crippen LogP contribution < -0.4 is 0 Å². The molecule has 2 aromatic rings. The van der Waals surface area contributed by atoms with Gasteiger partial charge in [0.1, 0.15) is 10.0 Å². The first-order valence-electron chi connectivity index (χ1n) is 4.54. The van der Waals surface area contributed by atoms with Crippen molar-refractivity contribution in [3.05, 3.63) is 31.2 Å². The molecule has 0 radical (unpaired) electrons. The molecule has 0 bridgehead atoms. The van der Waals surface area contributed by atoms with Gasteiger partial charge in [-0.1, -0.05) is 27.3 Å². The summed E-state index contributed by atoms with van der Waals surface area (Å²) in [5, 5.41) is 10.2. The Kier molecular flexibility index (Phi) is 4.57. The Balaban J connectivity index is 2.38. The number of benzene rings is 1. The zero-order chi connectivity index (χ0) is 11.5. The number of rotatable bonds is 3. The summed E-state index contributed by atoms with van der Waals surface area (Å²) in [5.41, 5.74) is 1.09. The molecule has 0 saturated heterocycles. The Morgan fingerprint density at radius 3 is 2.94 bits per heavy atom. The third-order valence-corrected chi connectivity index (χ3v) is 4.50. The van der Waals surface area contributed by atoms with E-state index in [4.69, 9.17) is 11.6 Å². The number of nitrogens with zero attached hydrogens (tertiary/aromatic N) is 2. The highest BCUT2D eigenvalue weighted by Gasteiger charge is 2.10. The molecule has 16 heavy (non-hydrogen) atoms. The minimum absolute atomic E-state index is 0.585. The lowest BCUT2D eigenvalue weighted by Crippen LogP contribution is -1.83. The summed E-state index contributed by atoms with van der Waals surface area (Å²) < 4.78 is 2.23. The molecule has 0 aliphatic carbocycles. The Morgan fingerprint density at radius 2 is 2.19 bits per heavy atom. The Hall–Kier alpha value is 0.280. The molecule has 1 heterocycles. The van der Waals surface area contributed by atoms with Crippen molar-refractivity contribution in [3.8, 4) is 10.6 Å². The molecule has 0 amide bonds. The maximum Gasteiger partial charge on any atom is 0.148 e. The van der Waals surface area contributed by atoms with Crippen LogP contribution >= 0.6 is 61.5 Å². The fraction of sp³-hybridized carbons (Fsp3) is 0.200. The van der Waals surface area contributed by atoms with Crippen LogP contribution in [0.25, 0.3) is 10.6 Å². The summed E-state index contributed by atoms with van der Waals surface area (Å²) in [6.45, 7) is 0. The molecular weight excluding hydrogens is 422 g/mol. The lowest BCUT2D eigenvalue weighted by Gasteiger charge is -1.99. The molecule has 0 saturated carbocycles. The van der Waals surface area contributed by atoms with Gasteiger partial charge in [-0.15, -0.1) is 21.8 Å². The molecule has 1 aromatic heterocycles. The van der Waals surface area contributed by atoms with Crippen LogP contribution in [0.2, 0.25) is 0 Å². The molecule has 0 fully saturated rings. The number of hydrogen-bond donors (Lipinski definition) is 0. The largest absolute Gasteiger partial charge is 0.148 e. The van der Waals surface area contributed by atoms with Crippen molar-refractivity contribution in [2.45, 2.75) is 6.42 Å². The standard InChI is InChI=1S/C10H7BrClIN2S/c11-8-2-1-6(13)5-7(8)10-15-14-9(16-10)3-4-12/h1-2,5H,3-4H2. The van der Waals surface area contributed by atoms with Crippen molar-refractivity contribution in [3.63, 3.8) is 0 Å². The summed E-state index contributed by atoms with van der Waals surface area (Å²) in [7, 11) is 0. The average molecular weight is 430 g/mol. The number of aromatic nitrogens is 2. The zero-order valence-corrected chi connectivity index (χ0v) is 13.4. The van der Waals surface area contributed by atoms with Crippen LogP contribution in [-0.2, 0) is 6.42 Å². The first-order chi connectivity index (χ1) is 7.70. The van der Waals surface area contributed by atoms with Gasteiger partial charge >= 0.3 is 0 Å². The smallest absolute Gasteiger partial charge is 0.143 e. The molecule has 0 aliphatic rings. The van der Waals surface area contributed by atoms with Gasteiger partial charge in [-0.05, 0) is 40.8 Å². The summed E-state index contributed by atoms with van der Waals surface area (Å²) in [4.78, 5) is 0. The number of alkyl halides is 1. The van der Waals surface area contributed by atoms with Gasteiger partial charge in [0.05, 0.1) is 0 Å². The number of aryl methyl sites for hydroxylation is 1. The SMILES string of the molecule is ClCCc1nnc(-c2cc(I)ccc2Br)s1. The third-order valence-electron chi connectivity index (χ3n) is 1.93. The van der Waals surface area contributed by atoms with Crippen LogP contribution in [0.1, 0.15) is 5.01 Å². The number of halogens is 3. The molecule has 6 heteroatoms. The second-order valence-corrected chi connectivity index (χ2v) is 6.60. The normalized spacial score (nSPS) is 10.7. The second kappa shape index (κ2) is 5.75. The second-order valence-electron chi connectivity index (χ2n) is 3.06. The monoisotopic (exact) mass is 428 g/mol. The lowest BCUT2D eigenvalue weighted by atomic mass is 10.2. The van der Waals surface area contributed by atoms with Crippen LogP contribution in [0, 0.1) is 3.57 Å². The molecule has 84 valence electrons. The minimum atomic E-state index is 0.585. The van der Waals surface area contributed by atoms with E-state index in [2.05, 4.69) is 60.9 Å². The van der Waals surface area contributed by atoms with E-state index < -0.39 is 0 Å². The molecule has 0 unspecified atom stereocenters. The predicted molar refractivity (Wildman–Crippen MR) is 80.2 cm³/mol. The van der Waals surface area contributed by atoms with Crippen molar-refractivity contribution < 1.29 is 0 Å². The van der Waals surface area contributed by atoms with E-state index in [1.807, 2.05) is 6.07 Å². The van der Waals surface area contributed by atoms with Gasteiger partial charge in [0, 0.05) is 25.9 Å². The van der Waals surface area contributed by atoms with Crippen molar-refractivity contribution in [2.24, 2.45) is 0 Å². The summed E-state index contributed by atoms with van der Waals surface area (Å²) in [6, 6.07) is 6.17. The van der Waals surface area contributed by atoms with E-state index in [0.717, 1.165) is 26.5 Å². The van der Waals surface area contributed by atoms with Crippen LogP contribution in [0.5, 0.6) is 0 Å². The minimum Gasteiger partial charge on any atom is -0.143 e. The molecule has 0 atom stereocenters. The van der Waals surface area contributed by atoms with Gasteiger partial charge < -0.3 is 0 Å². The van der Waals surface area contributed by atoms with Crippen molar-refractivity contribution in [2.75, 3.05) is 5.88 Å². The molecule has 0 aliphatic heterocycles. The van der Waals surface area contributed by atoms with E-state index in [0.29, 0.717) is 5.88 Å². The van der Waals surface area contributed by atoms with E-state index in [9.17, 15) is 0 Å². The number of hydrogen-bond acceptors (Lipinski definition) is 3. The Labute approximate surface area is 125 Å². The van der Waals surface area contributed by atoms with Gasteiger partial charge in [-0.3, -0.25) is 0 Å².